The zero-order valence-electron chi connectivity index (χ0n) is 18.4. The topological polar surface area (TPSA) is 87.1 Å². The summed E-state index contributed by atoms with van der Waals surface area (Å²) in [5, 5.41) is 22.3. The van der Waals surface area contributed by atoms with Crippen LogP contribution in [0.2, 0.25) is 10.0 Å². The lowest BCUT2D eigenvalue weighted by atomic mass is 9.94. The molecule has 0 aromatic heterocycles. The Balaban J connectivity index is 1.99. The Labute approximate surface area is 206 Å². The second kappa shape index (κ2) is 9.41. The number of phenolic OH excluding ortho intramolecular Hbond substituents is 1. The number of hydrogen-bond donors (Lipinski definition) is 2. The molecular formula is C26H21Cl2NO5. The van der Waals surface area contributed by atoms with Crippen LogP contribution in [0.25, 0.3) is 5.76 Å². The van der Waals surface area contributed by atoms with Gasteiger partial charge in [-0.3, -0.25) is 14.5 Å². The van der Waals surface area contributed by atoms with Gasteiger partial charge in [0.25, 0.3) is 11.7 Å². The molecule has 0 saturated carbocycles. The van der Waals surface area contributed by atoms with E-state index in [1.165, 1.54) is 11.0 Å². The normalized spacial score (nSPS) is 17.3. The van der Waals surface area contributed by atoms with Crippen molar-refractivity contribution in [1.29, 1.82) is 0 Å². The van der Waals surface area contributed by atoms with Crippen LogP contribution in [0.1, 0.15) is 29.7 Å². The van der Waals surface area contributed by atoms with Crippen molar-refractivity contribution >= 4 is 46.3 Å². The molecule has 1 fully saturated rings. The van der Waals surface area contributed by atoms with Gasteiger partial charge in [-0.2, -0.15) is 0 Å². The van der Waals surface area contributed by atoms with Crippen LogP contribution in [-0.2, 0) is 9.59 Å². The van der Waals surface area contributed by atoms with Gasteiger partial charge in [0.1, 0.15) is 5.76 Å². The Bertz CT molecular complexity index is 1320. The monoisotopic (exact) mass is 497 g/mol. The largest absolute Gasteiger partial charge is 0.507 e. The number of aliphatic hydroxyl groups excluding tert-OH is 1. The number of carbonyl (C=O) groups excluding carboxylic acids is 2. The van der Waals surface area contributed by atoms with Crippen molar-refractivity contribution in [3.05, 3.63) is 93.0 Å². The number of ketones is 1. The third kappa shape index (κ3) is 4.11. The van der Waals surface area contributed by atoms with Crippen molar-refractivity contribution in [1.82, 2.24) is 0 Å². The number of rotatable bonds is 5. The highest BCUT2D eigenvalue weighted by atomic mass is 35.5. The Morgan fingerprint density at radius 2 is 1.76 bits per heavy atom. The Hall–Kier alpha value is -3.48. The minimum Gasteiger partial charge on any atom is -0.507 e. The van der Waals surface area contributed by atoms with Crippen molar-refractivity contribution in [2.75, 3.05) is 11.5 Å². The highest BCUT2D eigenvalue weighted by Gasteiger charge is 2.47. The van der Waals surface area contributed by atoms with E-state index < -0.39 is 17.7 Å². The summed E-state index contributed by atoms with van der Waals surface area (Å²) in [5.41, 5.74) is 1.74. The molecule has 1 aliphatic heterocycles. The number of amides is 1. The number of aromatic hydroxyl groups is 1. The van der Waals surface area contributed by atoms with Gasteiger partial charge >= 0.3 is 0 Å². The molecule has 2 N–H and O–H groups in total. The number of phenols is 1. The number of halogens is 2. The molecule has 1 saturated heterocycles. The van der Waals surface area contributed by atoms with Crippen LogP contribution >= 0.6 is 23.2 Å². The summed E-state index contributed by atoms with van der Waals surface area (Å²) in [6.45, 7) is 3.82. The van der Waals surface area contributed by atoms with E-state index in [1.807, 2.05) is 0 Å². The maximum Gasteiger partial charge on any atom is 0.300 e. The predicted molar refractivity (Wildman–Crippen MR) is 132 cm³/mol. The van der Waals surface area contributed by atoms with Crippen molar-refractivity contribution in [2.45, 2.75) is 19.9 Å². The maximum absolute atomic E-state index is 13.3. The number of carbonyl (C=O) groups is 2. The van der Waals surface area contributed by atoms with Gasteiger partial charge < -0.3 is 14.9 Å². The molecule has 0 spiro atoms. The van der Waals surface area contributed by atoms with E-state index in [0.717, 1.165) is 0 Å². The van der Waals surface area contributed by atoms with Crippen molar-refractivity contribution in [3.8, 4) is 11.5 Å². The zero-order valence-corrected chi connectivity index (χ0v) is 19.9. The van der Waals surface area contributed by atoms with Gasteiger partial charge in [0.15, 0.2) is 11.5 Å². The summed E-state index contributed by atoms with van der Waals surface area (Å²) in [4.78, 5) is 27.9. The lowest BCUT2D eigenvalue weighted by molar-refractivity contribution is -0.132. The molecule has 3 aromatic rings. The number of aliphatic hydroxyl groups is 1. The molecule has 4 rings (SSSR count). The number of benzene rings is 3. The Kier molecular flexibility index (Phi) is 6.55. The third-order valence-corrected chi connectivity index (χ3v) is 6.32. The summed E-state index contributed by atoms with van der Waals surface area (Å²) >= 11 is 12.3. The van der Waals surface area contributed by atoms with E-state index in [0.29, 0.717) is 39.0 Å². The molecule has 34 heavy (non-hydrogen) atoms. The number of Topliss-reactive ketones (excluding diaryl/α,β-unsaturated/α-hetero) is 1. The van der Waals surface area contributed by atoms with Crippen molar-refractivity contribution < 1.29 is 24.5 Å². The van der Waals surface area contributed by atoms with E-state index in [1.54, 1.807) is 68.4 Å². The van der Waals surface area contributed by atoms with Gasteiger partial charge in [-0.1, -0.05) is 35.3 Å². The predicted octanol–water partition coefficient (Wildman–Crippen LogP) is 6.03. The molecule has 1 atom stereocenters. The number of anilines is 1. The second-order valence-corrected chi connectivity index (χ2v) is 8.56. The molecule has 6 nitrogen and oxygen atoms in total. The SMILES string of the molecule is CCOc1cc(C2/C(=C(\O)c3ccc(Cl)cc3)C(=O)C(=O)N2c2cccc(Cl)c2C)ccc1O. The molecule has 1 heterocycles. The highest BCUT2D eigenvalue weighted by molar-refractivity contribution is 6.52. The summed E-state index contributed by atoms with van der Waals surface area (Å²) in [7, 11) is 0. The molecule has 1 aliphatic rings. The van der Waals surface area contributed by atoms with Crippen LogP contribution < -0.4 is 9.64 Å². The summed E-state index contributed by atoms with van der Waals surface area (Å²) in [5.74, 6) is -1.88. The zero-order chi connectivity index (χ0) is 24.6. The molecule has 8 heteroatoms. The van der Waals surface area contributed by atoms with Crippen LogP contribution in [0.5, 0.6) is 11.5 Å². The molecule has 1 amide bonds. The molecule has 3 aromatic carbocycles. The van der Waals surface area contributed by atoms with E-state index in [-0.39, 0.29) is 22.8 Å². The average molecular weight is 498 g/mol. The van der Waals surface area contributed by atoms with Crippen molar-refractivity contribution in [2.24, 2.45) is 0 Å². The first-order chi connectivity index (χ1) is 16.2. The Morgan fingerprint density at radius 3 is 2.44 bits per heavy atom. The fourth-order valence-electron chi connectivity index (χ4n) is 3.99. The van der Waals surface area contributed by atoms with E-state index in [2.05, 4.69) is 0 Å². The third-order valence-electron chi connectivity index (χ3n) is 5.66. The fourth-order valence-corrected chi connectivity index (χ4v) is 4.28. The Morgan fingerprint density at radius 1 is 1.06 bits per heavy atom. The van der Waals surface area contributed by atoms with Gasteiger partial charge in [-0.15, -0.1) is 0 Å². The minimum atomic E-state index is -0.993. The summed E-state index contributed by atoms with van der Waals surface area (Å²) in [6.07, 6.45) is 0. The van der Waals surface area contributed by atoms with Gasteiger partial charge in [0.2, 0.25) is 0 Å². The number of ether oxygens (including phenoxy) is 1. The van der Waals surface area contributed by atoms with Crippen LogP contribution in [0, 0.1) is 6.92 Å². The summed E-state index contributed by atoms with van der Waals surface area (Å²) < 4.78 is 5.52. The van der Waals surface area contributed by atoms with E-state index in [4.69, 9.17) is 27.9 Å². The van der Waals surface area contributed by atoms with Crippen LogP contribution in [0.4, 0.5) is 5.69 Å². The highest BCUT2D eigenvalue weighted by Crippen LogP contribution is 2.45. The maximum atomic E-state index is 13.3. The first kappa shape index (κ1) is 23.7. The standard InChI is InChI=1S/C26H21Cl2NO5/c1-3-34-21-13-16(9-12-20(21)30)23-22(24(31)15-7-10-17(27)11-8-15)25(32)26(33)29(23)19-6-4-5-18(28)14(19)2/h4-13,23,30-31H,3H2,1-2H3/b24-22+. The second-order valence-electron chi connectivity index (χ2n) is 7.72. The van der Waals surface area contributed by atoms with Crippen LogP contribution in [0.3, 0.4) is 0 Å². The number of hydrogen-bond acceptors (Lipinski definition) is 5. The summed E-state index contributed by atoms with van der Waals surface area (Å²) in [6, 6.07) is 14.9. The first-order valence-electron chi connectivity index (χ1n) is 10.5. The fraction of sp³-hybridized carbons (Fsp3) is 0.154. The molecule has 0 radical (unpaired) electrons. The van der Waals surface area contributed by atoms with Gasteiger partial charge in [0, 0.05) is 21.3 Å². The smallest absolute Gasteiger partial charge is 0.300 e. The molecule has 0 bridgehead atoms. The van der Waals surface area contributed by atoms with Crippen LogP contribution in [-0.4, -0.2) is 28.5 Å². The molecular weight excluding hydrogens is 477 g/mol. The number of nitrogens with zero attached hydrogens (tertiary/aromatic N) is 1. The molecule has 0 aliphatic carbocycles. The lowest BCUT2D eigenvalue weighted by Crippen LogP contribution is -2.30. The van der Waals surface area contributed by atoms with E-state index >= 15 is 0 Å². The first-order valence-corrected chi connectivity index (χ1v) is 11.3. The molecule has 1 unspecified atom stereocenters. The van der Waals surface area contributed by atoms with Crippen LogP contribution in [0.15, 0.2) is 66.2 Å². The quantitative estimate of drug-likeness (QED) is 0.255. The average Bonchev–Trinajstić information content (AvgIpc) is 3.08. The van der Waals surface area contributed by atoms with Gasteiger partial charge in [-0.25, -0.2) is 0 Å². The lowest BCUT2D eigenvalue weighted by Gasteiger charge is -2.27. The van der Waals surface area contributed by atoms with Gasteiger partial charge in [0.05, 0.1) is 18.2 Å². The van der Waals surface area contributed by atoms with Crippen molar-refractivity contribution in [3.63, 3.8) is 0 Å². The van der Waals surface area contributed by atoms with Gasteiger partial charge in [-0.05, 0) is 73.5 Å². The van der Waals surface area contributed by atoms with E-state index in [9.17, 15) is 19.8 Å². The molecule has 174 valence electrons. The minimum absolute atomic E-state index is 0.0841.